The first kappa shape index (κ1) is 15.6. The Bertz CT molecular complexity index is 677. The number of nitro groups is 1. The van der Waals surface area contributed by atoms with Gasteiger partial charge in [0.25, 0.3) is 5.69 Å². The highest BCUT2D eigenvalue weighted by atomic mass is 35.5. The van der Waals surface area contributed by atoms with Crippen molar-refractivity contribution < 1.29 is 4.92 Å². The van der Waals surface area contributed by atoms with Gasteiger partial charge in [-0.3, -0.25) is 10.1 Å². The molecule has 7 heteroatoms. The number of nitro benzene ring substituents is 1. The zero-order valence-electron chi connectivity index (χ0n) is 11.0. The average molecular weight is 326 g/mol. The quantitative estimate of drug-likeness (QED) is 0.643. The summed E-state index contributed by atoms with van der Waals surface area (Å²) in [5.41, 5.74) is 7.82. The van der Waals surface area contributed by atoms with Gasteiger partial charge in [0.1, 0.15) is 5.69 Å². The van der Waals surface area contributed by atoms with Crippen molar-refractivity contribution in [3.8, 4) is 0 Å². The van der Waals surface area contributed by atoms with E-state index < -0.39 is 4.92 Å². The van der Waals surface area contributed by atoms with Crippen molar-refractivity contribution in [2.24, 2.45) is 5.73 Å². The van der Waals surface area contributed by atoms with Crippen LogP contribution in [0.5, 0.6) is 0 Å². The minimum absolute atomic E-state index is 0.116. The van der Waals surface area contributed by atoms with Gasteiger partial charge in [-0.25, -0.2) is 0 Å². The van der Waals surface area contributed by atoms with Crippen LogP contribution in [-0.2, 0) is 13.1 Å². The van der Waals surface area contributed by atoms with Gasteiger partial charge in [-0.05, 0) is 17.2 Å². The summed E-state index contributed by atoms with van der Waals surface area (Å²) in [6.07, 6.45) is 0. The molecular formula is C14H13Cl2N3O2. The van der Waals surface area contributed by atoms with Gasteiger partial charge in [-0.15, -0.1) is 0 Å². The summed E-state index contributed by atoms with van der Waals surface area (Å²) in [7, 11) is 0. The summed E-state index contributed by atoms with van der Waals surface area (Å²) in [5, 5.41) is 14.5. The summed E-state index contributed by atoms with van der Waals surface area (Å²) in [6, 6.07) is 10.3. The van der Waals surface area contributed by atoms with Crippen LogP contribution in [0.3, 0.4) is 0 Å². The summed E-state index contributed by atoms with van der Waals surface area (Å²) >= 11 is 11.7. The molecule has 0 heterocycles. The maximum Gasteiger partial charge on any atom is 0.293 e. The van der Waals surface area contributed by atoms with E-state index in [1.807, 2.05) is 24.3 Å². The van der Waals surface area contributed by atoms with E-state index in [-0.39, 0.29) is 15.7 Å². The molecule has 0 unspecified atom stereocenters. The molecule has 0 saturated carbocycles. The van der Waals surface area contributed by atoms with Crippen molar-refractivity contribution in [2.45, 2.75) is 13.1 Å². The number of benzene rings is 2. The lowest BCUT2D eigenvalue weighted by Crippen LogP contribution is -2.07. The number of rotatable bonds is 5. The van der Waals surface area contributed by atoms with Crippen molar-refractivity contribution in [1.82, 2.24) is 0 Å². The van der Waals surface area contributed by atoms with Crippen LogP contribution in [0.4, 0.5) is 11.4 Å². The first-order chi connectivity index (χ1) is 10.0. The Morgan fingerprint density at radius 3 is 2.38 bits per heavy atom. The van der Waals surface area contributed by atoms with Crippen LogP contribution in [0.1, 0.15) is 11.1 Å². The van der Waals surface area contributed by atoms with Gasteiger partial charge in [-0.1, -0.05) is 47.5 Å². The Morgan fingerprint density at radius 2 is 1.76 bits per heavy atom. The minimum atomic E-state index is -0.501. The minimum Gasteiger partial charge on any atom is -0.375 e. The first-order valence-corrected chi connectivity index (χ1v) is 6.92. The number of anilines is 1. The molecule has 0 radical (unpaired) electrons. The van der Waals surface area contributed by atoms with Crippen LogP contribution in [0.25, 0.3) is 0 Å². The highest BCUT2D eigenvalue weighted by molar-refractivity contribution is 6.42. The Kier molecular flexibility index (Phi) is 5.01. The van der Waals surface area contributed by atoms with Crippen LogP contribution >= 0.6 is 23.2 Å². The van der Waals surface area contributed by atoms with Gasteiger partial charge < -0.3 is 11.1 Å². The van der Waals surface area contributed by atoms with Gasteiger partial charge in [0.15, 0.2) is 0 Å². The van der Waals surface area contributed by atoms with E-state index in [4.69, 9.17) is 28.9 Å². The molecule has 0 saturated heterocycles. The zero-order valence-corrected chi connectivity index (χ0v) is 12.5. The van der Waals surface area contributed by atoms with E-state index in [0.717, 1.165) is 11.1 Å². The van der Waals surface area contributed by atoms with Crippen molar-refractivity contribution in [2.75, 3.05) is 5.32 Å². The molecule has 3 N–H and O–H groups in total. The Hall–Kier alpha value is -1.82. The smallest absolute Gasteiger partial charge is 0.293 e. The van der Waals surface area contributed by atoms with Crippen molar-refractivity contribution in [3.63, 3.8) is 0 Å². The Balaban J connectivity index is 2.27. The normalized spacial score (nSPS) is 10.4. The molecule has 0 spiro atoms. The van der Waals surface area contributed by atoms with Gasteiger partial charge in [0, 0.05) is 19.2 Å². The first-order valence-electron chi connectivity index (χ1n) is 6.17. The third-order valence-corrected chi connectivity index (χ3v) is 3.77. The highest BCUT2D eigenvalue weighted by Crippen LogP contribution is 2.34. The van der Waals surface area contributed by atoms with Gasteiger partial charge in [0.05, 0.1) is 15.0 Å². The number of nitrogens with two attached hydrogens (primary N) is 1. The molecule has 21 heavy (non-hydrogen) atoms. The molecule has 2 rings (SSSR count). The maximum atomic E-state index is 11.1. The molecule has 0 bridgehead atoms. The predicted molar refractivity (Wildman–Crippen MR) is 84.8 cm³/mol. The number of nitrogens with one attached hydrogen (secondary N) is 1. The second-order valence-electron chi connectivity index (χ2n) is 4.37. The zero-order chi connectivity index (χ0) is 15.4. The molecule has 0 aliphatic heterocycles. The van der Waals surface area contributed by atoms with Gasteiger partial charge in [0.2, 0.25) is 0 Å². The van der Waals surface area contributed by atoms with E-state index in [1.54, 1.807) is 0 Å². The predicted octanol–water partition coefficient (Wildman–Crippen LogP) is 3.97. The Morgan fingerprint density at radius 1 is 1.14 bits per heavy atom. The summed E-state index contributed by atoms with van der Waals surface area (Å²) in [4.78, 5) is 10.6. The highest BCUT2D eigenvalue weighted by Gasteiger charge is 2.17. The van der Waals surface area contributed by atoms with Crippen LogP contribution in [0, 0.1) is 10.1 Å². The lowest BCUT2D eigenvalue weighted by atomic mass is 10.1. The molecule has 0 aliphatic carbocycles. The molecule has 0 fully saturated rings. The standard InChI is InChI=1S/C14H13Cl2N3O2/c15-11-5-13(14(19(20)21)6-12(11)16)18-8-10-4-2-1-3-9(10)7-17/h1-6,18H,7-8,17H2. The molecule has 0 aromatic heterocycles. The SMILES string of the molecule is NCc1ccccc1CNc1cc(Cl)c(Cl)cc1[N+](=O)[O-]. The Labute approximate surface area is 131 Å². The van der Waals surface area contributed by atoms with Crippen molar-refractivity contribution >= 4 is 34.6 Å². The van der Waals surface area contributed by atoms with E-state index in [9.17, 15) is 10.1 Å². The number of halogens is 2. The maximum absolute atomic E-state index is 11.1. The summed E-state index contributed by atoms with van der Waals surface area (Å²) < 4.78 is 0. The van der Waals surface area contributed by atoms with E-state index in [1.165, 1.54) is 12.1 Å². The molecule has 0 aliphatic rings. The van der Waals surface area contributed by atoms with Crippen molar-refractivity contribution in [1.29, 1.82) is 0 Å². The molecule has 2 aromatic rings. The van der Waals surface area contributed by atoms with Crippen LogP contribution in [0.2, 0.25) is 10.0 Å². The topological polar surface area (TPSA) is 81.2 Å². The lowest BCUT2D eigenvalue weighted by Gasteiger charge is -2.11. The van der Waals surface area contributed by atoms with Crippen LogP contribution in [-0.4, -0.2) is 4.92 Å². The third-order valence-electron chi connectivity index (χ3n) is 3.04. The second-order valence-corrected chi connectivity index (χ2v) is 5.18. The number of nitrogens with zero attached hydrogens (tertiary/aromatic N) is 1. The van der Waals surface area contributed by atoms with E-state index >= 15 is 0 Å². The van der Waals surface area contributed by atoms with E-state index in [0.29, 0.717) is 18.8 Å². The van der Waals surface area contributed by atoms with Gasteiger partial charge >= 0.3 is 0 Å². The second kappa shape index (κ2) is 6.76. The van der Waals surface area contributed by atoms with Crippen LogP contribution < -0.4 is 11.1 Å². The summed E-state index contributed by atoms with van der Waals surface area (Å²) in [6.45, 7) is 0.813. The van der Waals surface area contributed by atoms with E-state index in [2.05, 4.69) is 5.32 Å². The largest absolute Gasteiger partial charge is 0.375 e. The average Bonchev–Trinajstić information content (AvgIpc) is 2.48. The molecule has 2 aromatic carbocycles. The molecule has 110 valence electrons. The summed E-state index contributed by atoms with van der Waals surface area (Å²) in [5.74, 6) is 0. The van der Waals surface area contributed by atoms with Crippen molar-refractivity contribution in [3.05, 3.63) is 67.7 Å². The molecular weight excluding hydrogens is 313 g/mol. The fourth-order valence-electron chi connectivity index (χ4n) is 1.95. The third kappa shape index (κ3) is 3.64. The fourth-order valence-corrected chi connectivity index (χ4v) is 2.27. The molecule has 0 atom stereocenters. The number of hydrogen-bond acceptors (Lipinski definition) is 4. The monoisotopic (exact) mass is 325 g/mol. The lowest BCUT2D eigenvalue weighted by molar-refractivity contribution is -0.383. The molecule has 5 nitrogen and oxygen atoms in total. The molecule has 0 amide bonds. The van der Waals surface area contributed by atoms with Crippen LogP contribution in [0.15, 0.2) is 36.4 Å². The number of hydrogen-bond donors (Lipinski definition) is 2. The fraction of sp³-hybridized carbons (Fsp3) is 0.143. The van der Waals surface area contributed by atoms with Gasteiger partial charge in [-0.2, -0.15) is 0 Å².